The second-order valence-electron chi connectivity index (χ2n) is 13.6. The topological polar surface area (TPSA) is 53.7 Å². The van der Waals surface area contributed by atoms with Gasteiger partial charge in [-0.2, -0.15) is 0 Å². The summed E-state index contributed by atoms with van der Waals surface area (Å²) in [5.74, 6) is -0.0767. The van der Waals surface area contributed by atoms with Gasteiger partial charge < -0.3 is 10.1 Å². The minimum Gasteiger partial charge on any atom is -0.379 e. The molecule has 0 radical (unpaired) electrons. The molecule has 0 aromatic heterocycles. The van der Waals surface area contributed by atoms with Crippen LogP contribution in [0.5, 0.6) is 0 Å². The molecule has 47 heavy (non-hydrogen) atoms. The summed E-state index contributed by atoms with van der Waals surface area (Å²) in [5, 5.41) is 3.19. The van der Waals surface area contributed by atoms with Crippen LogP contribution in [0, 0.1) is 18.3 Å². The number of Topliss-reactive ketones (excluding diaryl/α,β-unsaturated/α-hetero) is 1. The number of ether oxygens (including phenoxy) is 1. The standard InChI is InChI=1S/C41H57FN3O2/c1-11-15-21-43-38(32(8)33(9)44-37(16-12-2)36(42)14-4)25-30(6)34-17-18-35(31(7)24-34)41(39(46)29(5)13-3)19-22-45(23-20-41)26-40(10)27-47-28-40/h12,14,16-18,21,24-26,29,44H,4,6,11,13,15,19-20,22-23,27-28H2,1-3,5,7-10H3/q+1/b16-12-,33-32+,37-36-,38-25+,43-21?,45-26?. The maximum Gasteiger partial charge on any atom is 0.150 e. The van der Waals surface area contributed by atoms with Crippen LogP contribution in [0.25, 0.3) is 5.57 Å². The van der Waals surface area contributed by atoms with E-state index in [0.717, 1.165) is 97.6 Å². The molecule has 1 aromatic rings. The Morgan fingerprint density at radius 3 is 2.43 bits per heavy atom. The number of carbonyl (C=O) groups is 1. The zero-order chi connectivity index (χ0) is 34.8. The molecular weight excluding hydrogens is 585 g/mol. The molecule has 0 saturated carbocycles. The van der Waals surface area contributed by atoms with Gasteiger partial charge in [0.1, 0.15) is 30.9 Å². The van der Waals surface area contributed by atoms with Gasteiger partial charge in [-0.25, -0.2) is 8.97 Å². The summed E-state index contributed by atoms with van der Waals surface area (Å²) in [6.07, 6.45) is 15.2. The molecule has 2 heterocycles. The highest BCUT2D eigenvalue weighted by Gasteiger charge is 2.47. The van der Waals surface area contributed by atoms with E-state index in [9.17, 15) is 9.18 Å². The second-order valence-corrected chi connectivity index (χ2v) is 13.6. The molecule has 1 unspecified atom stereocenters. The molecular formula is C41H57FN3O2+. The van der Waals surface area contributed by atoms with Crippen LogP contribution in [0.4, 0.5) is 4.39 Å². The zero-order valence-corrected chi connectivity index (χ0v) is 30.1. The summed E-state index contributed by atoms with van der Waals surface area (Å²) in [7, 11) is 0. The Bertz CT molecular complexity index is 1510. The third-order valence-electron chi connectivity index (χ3n) is 9.65. The van der Waals surface area contributed by atoms with E-state index in [0.29, 0.717) is 11.5 Å². The van der Waals surface area contributed by atoms with Crippen molar-refractivity contribution in [1.29, 1.82) is 0 Å². The Kier molecular flexibility index (Phi) is 13.6. The van der Waals surface area contributed by atoms with Crippen molar-refractivity contribution in [3.63, 3.8) is 0 Å². The highest BCUT2D eigenvalue weighted by atomic mass is 19.1. The van der Waals surface area contributed by atoms with Gasteiger partial charge in [0.2, 0.25) is 0 Å². The van der Waals surface area contributed by atoms with E-state index in [1.165, 1.54) is 6.08 Å². The molecule has 6 heteroatoms. The number of nitrogens with one attached hydrogen (secondary N) is 1. The van der Waals surface area contributed by atoms with Crippen LogP contribution in [-0.2, 0) is 14.9 Å². The van der Waals surface area contributed by atoms with Gasteiger partial charge in [-0.15, -0.1) is 0 Å². The largest absolute Gasteiger partial charge is 0.379 e. The van der Waals surface area contributed by atoms with Gasteiger partial charge in [0.05, 0.1) is 35.4 Å². The van der Waals surface area contributed by atoms with E-state index < -0.39 is 11.2 Å². The molecule has 2 aliphatic heterocycles. The molecule has 254 valence electrons. The molecule has 1 N–H and O–H groups in total. The normalized spacial score (nSPS) is 21.6. The summed E-state index contributed by atoms with van der Waals surface area (Å²) in [6.45, 7) is 27.6. The number of aryl methyl sites for hydroxylation is 1. The maximum atomic E-state index is 14.5. The van der Waals surface area contributed by atoms with Gasteiger partial charge >= 0.3 is 0 Å². The van der Waals surface area contributed by atoms with Gasteiger partial charge in [-0.05, 0) is 93.5 Å². The van der Waals surface area contributed by atoms with Crippen molar-refractivity contribution in [1.82, 2.24) is 5.32 Å². The number of rotatable bonds is 15. The molecule has 1 aromatic carbocycles. The minimum atomic E-state index is -0.507. The van der Waals surface area contributed by atoms with E-state index in [-0.39, 0.29) is 11.3 Å². The Morgan fingerprint density at radius 1 is 1.21 bits per heavy atom. The number of ketones is 1. The number of aliphatic imine (C=N–C) groups is 1. The molecule has 2 saturated heterocycles. The average molecular weight is 643 g/mol. The summed E-state index contributed by atoms with van der Waals surface area (Å²) in [5.41, 5.74) is 6.39. The fourth-order valence-corrected chi connectivity index (χ4v) is 6.41. The monoisotopic (exact) mass is 642 g/mol. The molecule has 0 bridgehead atoms. The Morgan fingerprint density at radius 2 is 1.89 bits per heavy atom. The predicted molar refractivity (Wildman–Crippen MR) is 197 cm³/mol. The van der Waals surface area contributed by atoms with Crippen LogP contribution in [0.1, 0.15) is 97.3 Å². The van der Waals surface area contributed by atoms with E-state index in [1.54, 1.807) is 12.2 Å². The van der Waals surface area contributed by atoms with E-state index in [4.69, 9.17) is 9.73 Å². The van der Waals surface area contributed by atoms with Crippen LogP contribution in [0.15, 0.2) is 89.1 Å². The summed E-state index contributed by atoms with van der Waals surface area (Å²) >= 11 is 0. The van der Waals surface area contributed by atoms with Crippen molar-refractivity contribution in [3.8, 4) is 0 Å². The molecule has 2 aliphatic rings. The highest BCUT2D eigenvalue weighted by molar-refractivity contribution is 5.92. The number of halogens is 1. The highest BCUT2D eigenvalue weighted by Crippen LogP contribution is 2.41. The van der Waals surface area contributed by atoms with Crippen LogP contribution in [-0.4, -0.2) is 49.1 Å². The van der Waals surface area contributed by atoms with Crippen molar-refractivity contribution < 1.29 is 18.5 Å². The van der Waals surface area contributed by atoms with Crippen molar-refractivity contribution in [2.45, 2.75) is 92.9 Å². The average Bonchev–Trinajstić information content (AvgIpc) is 3.05. The van der Waals surface area contributed by atoms with Crippen molar-refractivity contribution in [3.05, 3.63) is 101 Å². The predicted octanol–water partition coefficient (Wildman–Crippen LogP) is 9.36. The van der Waals surface area contributed by atoms with Crippen LogP contribution < -0.4 is 5.32 Å². The first-order valence-corrected chi connectivity index (χ1v) is 17.2. The molecule has 5 nitrogen and oxygen atoms in total. The number of nitrogens with zero attached hydrogens (tertiary/aromatic N) is 2. The first-order valence-electron chi connectivity index (χ1n) is 17.2. The molecule has 0 amide bonds. The van der Waals surface area contributed by atoms with Crippen LogP contribution in [0.2, 0.25) is 0 Å². The Labute approximate surface area is 283 Å². The minimum absolute atomic E-state index is 0.00154. The lowest BCUT2D eigenvalue weighted by Crippen LogP contribution is -2.50. The first kappa shape index (κ1) is 37.8. The molecule has 3 rings (SSSR count). The van der Waals surface area contributed by atoms with E-state index >= 15 is 0 Å². The van der Waals surface area contributed by atoms with Gasteiger partial charge in [0, 0.05) is 30.7 Å². The summed E-state index contributed by atoms with van der Waals surface area (Å²) in [4.78, 5) is 18.9. The maximum absolute atomic E-state index is 14.5. The number of unbranched alkanes of at least 4 members (excludes halogenated alkanes) is 1. The number of hydrogen-bond acceptors (Lipinski definition) is 4. The molecule has 0 aliphatic carbocycles. The fraction of sp³-hybridized carbons (Fsp3) is 0.488. The third-order valence-corrected chi connectivity index (χ3v) is 9.65. The van der Waals surface area contributed by atoms with Crippen molar-refractivity contribution in [2.75, 3.05) is 26.3 Å². The summed E-state index contributed by atoms with van der Waals surface area (Å²) < 4.78 is 22.3. The van der Waals surface area contributed by atoms with Gasteiger partial charge in [0.25, 0.3) is 0 Å². The fourth-order valence-electron chi connectivity index (χ4n) is 6.41. The molecule has 1 atom stereocenters. The van der Waals surface area contributed by atoms with Gasteiger partial charge in [0.15, 0.2) is 0 Å². The smallest absolute Gasteiger partial charge is 0.150 e. The molecule has 2 fully saturated rings. The lowest BCUT2D eigenvalue weighted by Gasteiger charge is -2.39. The Balaban J connectivity index is 1.99. The number of hydrogen-bond donors (Lipinski definition) is 1. The third kappa shape index (κ3) is 9.25. The quantitative estimate of drug-likeness (QED) is 0.118. The van der Waals surface area contributed by atoms with Crippen molar-refractivity contribution >= 4 is 23.8 Å². The second kappa shape index (κ2) is 17.0. The number of piperidine rings is 1. The number of allylic oxidation sites excluding steroid dienone is 8. The first-order chi connectivity index (χ1) is 22.3. The number of carbonyl (C=O) groups excluding carboxylic acids is 1. The van der Waals surface area contributed by atoms with E-state index in [1.807, 2.05) is 33.1 Å². The Hall–Kier alpha value is -3.64. The van der Waals surface area contributed by atoms with E-state index in [2.05, 4.69) is 82.1 Å². The number of benzene rings is 1. The molecule has 0 spiro atoms. The van der Waals surface area contributed by atoms with Gasteiger partial charge in [-0.1, -0.05) is 64.6 Å². The summed E-state index contributed by atoms with van der Waals surface area (Å²) in [6, 6.07) is 6.42. The lowest BCUT2D eigenvalue weighted by molar-refractivity contribution is -0.540. The SMILES string of the molecule is C=C/C(F)=C(\C=C/C)N/C(C)=C(C)/C(=C\C(=C)c1ccc(C2(C(=O)C(C)CC)CC[N+](=CC3(C)COC3)CC2)c(C)c1)N=CCCC. The lowest BCUT2D eigenvalue weighted by atomic mass is 9.65. The van der Waals surface area contributed by atoms with Gasteiger partial charge in [-0.3, -0.25) is 9.79 Å². The van der Waals surface area contributed by atoms with Crippen molar-refractivity contribution in [2.24, 2.45) is 16.3 Å². The zero-order valence-electron chi connectivity index (χ0n) is 30.1. The van der Waals surface area contributed by atoms with Crippen LogP contribution in [0.3, 0.4) is 0 Å². The van der Waals surface area contributed by atoms with Crippen LogP contribution >= 0.6 is 0 Å².